The van der Waals surface area contributed by atoms with Crippen molar-refractivity contribution >= 4 is 21.8 Å². The molecule has 0 saturated heterocycles. The van der Waals surface area contributed by atoms with Gasteiger partial charge in [0, 0.05) is 21.8 Å². The minimum absolute atomic E-state index is 1.22. The summed E-state index contributed by atoms with van der Waals surface area (Å²) in [5, 5.41) is 2.83. The molecule has 0 saturated carbocycles. The zero-order valence-electron chi connectivity index (χ0n) is 21.7. The first-order valence-corrected chi connectivity index (χ1v) is 14.3. The fourth-order valence-corrected chi connectivity index (χ4v) is 5.23. The van der Waals surface area contributed by atoms with Crippen molar-refractivity contribution in [1.82, 2.24) is 4.98 Å². The Labute approximate surface area is 203 Å². The second kappa shape index (κ2) is 15.2. The van der Waals surface area contributed by atoms with Crippen LogP contribution in [0.25, 0.3) is 21.8 Å². The van der Waals surface area contributed by atoms with Crippen LogP contribution in [-0.4, -0.2) is 4.98 Å². The minimum Gasteiger partial charge on any atom is -0.355 e. The summed E-state index contributed by atoms with van der Waals surface area (Å²) in [4.78, 5) is 3.63. The molecule has 33 heavy (non-hydrogen) atoms. The van der Waals surface area contributed by atoms with Crippen LogP contribution in [0.1, 0.15) is 128 Å². The van der Waals surface area contributed by atoms with Crippen LogP contribution in [0.15, 0.2) is 36.4 Å². The molecular formula is C32H49N. The van der Waals surface area contributed by atoms with Gasteiger partial charge in [-0.15, -0.1) is 0 Å². The van der Waals surface area contributed by atoms with Gasteiger partial charge in [0.1, 0.15) is 0 Å². The largest absolute Gasteiger partial charge is 0.355 e. The van der Waals surface area contributed by atoms with E-state index in [1.54, 1.807) is 0 Å². The first-order chi connectivity index (χ1) is 16.3. The van der Waals surface area contributed by atoms with Gasteiger partial charge in [-0.25, -0.2) is 0 Å². The van der Waals surface area contributed by atoms with Crippen molar-refractivity contribution in [2.24, 2.45) is 0 Å². The summed E-state index contributed by atoms with van der Waals surface area (Å²) >= 11 is 0. The quantitative estimate of drug-likeness (QED) is 0.187. The Morgan fingerprint density at radius 3 is 1.21 bits per heavy atom. The first-order valence-electron chi connectivity index (χ1n) is 14.3. The highest BCUT2D eigenvalue weighted by Crippen LogP contribution is 2.28. The number of aromatic nitrogens is 1. The third-order valence-corrected chi connectivity index (χ3v) is 7.37. The average Bonchev–Trinajstić information content (AvgIpc) is 3.20. The van der Waals surface area contributed by atoms with Crippen molar-refractivity contribution in [1.29, 1.82) is 0 Å². The molecule has 182 valence electrons. The van der Waals surface area contributed by atoms with Gasteiger partial charge < -0.3 is 4.98 Å². The molecule has 0 bridgehead atoms. The molecule has 0 atom stereocenters. The molecule has 0 unspecified atom stereocenters. The fourth-order valence-electron chi connectivity index (χ4n) is 5.23. The van der Waals surface area contributed by atoms with E-state index < -0.39 is 0 Å². The molecule has 0 fully saturated rings. The molecule has 1 aromatic heterocycles. The molecule has 0 aliphatic heterocycles. The first kappa shape index (κ1) is 25.9. The Morgan fingerprint density at radius 2 is 0.818 bits per heavy atom. The smallest absolute Gasteiger partial charge is 0.0465 e. The predicted octanol–water partition coefficient (Wildman–Crippen LogP) is 10.7. The van der Waals surface area contributed by atoms with Crippen molar-refractivity contribution < 1.29 is 0 Å². The number of hydrogen-bond acceptors (Lipinski definition) is 0. The van der Waals surface area contributed by atoms with Crippen LogP contribution in [0.4, 0.5) is 0 Å². The lowest BCUT2D eigenvalue weighted by Gasteiger charge is -2.04. The van der Waals surface area contributed by atoms with Crippen LogP contribution < -0.4 is 0 Å². The molecular weight excluding hydrogens is 398 g/mol. The van der Waals surface area contributed by atoms with E-state index >= 15 is 0 Å². The lowest BCUT2D eigenvalue weighted by molar-refractivity contribution is 0.575. The van der Waals surface area contributed by atoms with Gasteiger partial charge in [-0.3, -0.25) is 0 Å². The second-order valence-electron chi connectivity index (χ2n) is 10.3. The maximum Gasteiger partial charge on any atom is 0.0465 e. The summed E-state index contributed by atoms with van der Waals surface area (Å²) < 4.78 is 0. The Hall–Kier alpha value is -1.76. The fraction of sp³-hybridized carbons (Fsp3) is 0.625. The molecule has 1 nitrogen and oxygen atoms in total. The van der Waals surface area contributed by atoms with Gasteiger partial charge in [-0.05, 0) is 61.1 Å². The van der Waals surface area contributed by atoms with E-state index in [-0.39, 0.29) is 0 Å². The standard InChI is InChI=1S/C32H49N/c1-3-5-7-9-11-13-15-17-19-27-21-23-31-29(25-27)30-26-28(22-24-32(30)33-31)20-18-16-14-12-10-8-6-4-2/h21-26,33H,3-20H2,1-2H3. The van der Waals surface area contributed by atoms with E-state index in [1.807, 2.05) is 0 Å². The number of aromatic amines is 1. The Morgan fingerprint density at radius 1 is 0.455 bits per heavy atom. The number of fused-ring (bicyclic) bond motifs is 3. The van der Waals surface area contributed by atoms with Gasteiger partial charge in [0.2, 0.25) is 0 Å². The number of hydrogen-bond donors (Lipinski definition) is 1. The second-order valence-corrected chi connectivity index (χ2v) is 10.3. The maximum atomic E-state index is 3.63. The summed E-state index contributed by atoms with van der Waals surface area (Å²) in [6.07, 6.45) is 24.7. The molecule has 0 aliphatic carbocycles. The molecule has 1 heteroatoms. The normalized spacial score (nSPS) is 11.7. The van der Waals surface area contributed by atoms with Crippen LogP contribution in [0.3, 0.4) is 0 Å². The highest BCUT2D eigenvalue weighted by Gasteiger charge is 2.07. The van der Waals surface area contributed by atoms with E-state index in [1.165, 1.54) is 149 Å². The molecule has 3 aromatic rings. The molecule has 0 spiro atoms. The summed E-state index contributed by atoms with van der Waals surface area (Å²) in [6, 6.07) is 14.2. The number of nitrogens with one attached hydrogen (secondary N) is 1. The Bertz CT molecular complexity index is 845. The lowest BCUT2D eigenvalue weighted by Crippen LogP contribution is -1.87. The summed E-state index contributed by atoms with van der Waals surface area (Å²) in [5.74, 6) is 0. The zero-order valence-corrected chi connectivity index (χ0v) is 21.7. The lowest BCUT2D eigenvalue weighted by atomic mass is 10.0. The van der Waals surface area contributed by atoms with Gasteiger partial charge >= 0.3 is 0 Å². The molecule has 0 aliphatic rings. The number of H-pyrrole nitrogens is 1. The Balaban J connectivity index is 1.47. The van der Waals surface area contributed by atoms with Gasteiger partial charge in [-0.1, -0.05) is 116 Å². The molecule has 0 radical (unpaired) electrons. The van der Waals surface area contributed by atoms with E-state index in [0.29, 0.717) is 0 Å². The van der Waals surface area contributed by atoms with Gasteiger partial charge in [0.15, 0.2) is 0 Å². The van der Waals surface area contributed by atoms with E-state index in [2.05, 4.69) is 55.2 Å². The molecule has 1 heterocycles. The zero-order chi connectivity index (χ0) is 23.1. The van der Waals surface area contributed by atoms with E-state index in [4.69, 9.17) is 0 Å². The van der Waals surface area contributed by atoms with Crippen LogP contribution in [0, 0.1) is 0 Å². The summed E-state index contributed by atoms with van der Waals surface area (Å²) in [6.45, 7) is 4.59. The number of benzene rings is 2. The van der Waals surface area contributed by atoms with Crippen molar-refractivity contribution in [2.75, 3.05) is 0 Å². The van der Waals surface area contributed by atoms with Gasteiger partial charge in [0.25, 0.3) is 0 Å². The topological polar surface area (TPSA) is 15.8 Å². The van der Waals surface area contributed by atoms with Crippen molar-refractivity contribution in [3.8, 4) is 0 Å². The minimum atomic E-state index is 1.22. The molecule has 2 aromatic carbocycles. The summed E-state index contributed by atoms with van der Waals surface area (Å²) in [5.41, 5.74) is 5.58. The Kier molecular flexibility index (Phi) is 11.9. The predicted molar refractivity (Wildman–Crippen MR) is 148 cm³/mol. The van der Waals surface area contributed by atoms with Crippen LogP contribution in [0.2, 0.25) is 0 Å². The van der Waals surface area contributed by atoms with Gasteiger partial charge in [-0.2, -0.15) is 0 Å². The molecule has 3 rings (SSSR count). The summed E-state index contributed by atoms with van der Waals surface area (Å²) in [7, 11) is 0. The number of rotatable bonds is 18. The van der Waals surface area contributed by atoms with E-state index in [9.17, 15) is 0 Å². The number of unbranched alkanes of at least 4 members (excludes halogenated alkanes) is 14. The van der Waals surface area contributed by atoms with Crippen molar-refractivity contribution in [3.05, 3.63) is 47.5 Å². The monoisotopic (exact) mass is 447 g/mol. The van der Waals surface area contributed by atoms with Crippen LogP contribution >= 0.6 is 0 Å². The average molecular weight is 448 g/mol. The van der Waals surface area contributed by atoms with Crippen molar-refractivity contribution in [2.45, 2.75) is 129 Å². The highest BCUT2D eigenvalue weighted by molar-refractivity contribution is 6.07. The van der Waals surface area contributed by atoms with Gasteiger partial charge in [0.05, 0.1) is 0 Å². The number of aryl methyl sites for hydroxylation is 2. The molecule has 0 amide bonds. The third-order valence-electron chi connectivity index (χ3n) is 7.37. The van der Waals surface area contributed by atoms with E-state index in [0.717, 1.165) is 0 Å². The SMILES string of the molecule is CCCCCCCCCCc1ccc2[nH]c3ccc(CCCCCCCCCC)cc3c2c1. The maximum absolute atomic E-state index is 3.63. The van der Waals surface area contributed by atoms with Crippen LogP contribution in [-0.2, 0) is 12.8 Å². The third kappa shape index (κ3) is 8.84. The highest BCUT2D eigenvalue weighted by atomic mass is 14.7. The van der Waals surface area contributed by atoms with Crippen molar-refractivity contribution in [3.63, 3.8) is 0 Å². The molecule has 1 N–H and O–H groups in total. The van der Waals surface area contributed by atoms with Crippen LogP contribution in [0.5, 0.6) is 0 Å².